The summed E-state index contributed by atoms with van der Waals surface area (Å²) in [5.74, 6) is -1.24. The van der Waals surface area contributed by atoms with Crippen LogP contribution in [-0.4, -0.2) is 32.4 Å². The molecule has 0 saturated carbocycles. The van der Waals surface area contributed by atoms with Crippen molar-refractivity contribution in [3.8, 4) is 0 Å². The number of benzene rings is 2. The highest BCUT2D eigenvalue weighted by atomic mass is 32.2. The highest BCUT2D eigenvalue weighted by molar-refractivity contribution is 7.89. The largest absolute Gasteiger partial charge is 0.452 e. The summed E-state index contributed by atoms with van der Waals surface area (Å²) in [4.78, 5) is 24.6. The molecule has 0 aliphatic heterocycles. The molecule has 0 radical (unpaired) electrons. The first-order valence-electron chi connectivity index (χ1n) is 9.62. The number of esters is 1. The second-order valence-electron chi connectivity index (χ2n) is 7.97. The number of anilines is 1. The lowest BCUT2D eigenvalue weighted by molar-refractivity contribution is -0.119. The van der Waals surface area contributed by atoms with Crippen LogP contribution in [0.5, 0.6) is 0 Å². The van der Waals surface area contributed by atoms with Crippen molar-refractivity contribution >= 4 is 27.6 Å². The van der Waals surface area contributed by atoms with Gasteiger partial charge in [0.25, 0.3) is 5.91 Å². The fraction of sp³-hybridized carbons (Fsp3) is 0.364. The third kappa shape index (κ3) is 6.40. The number of carbonyl (C=O) groups excluding carboxylic acids is 2. The van der Waals surface area contributed by atoms with Gasteiger partial charge >= 0.3 is 5.97 Å². The van der Waals surface area contributed by atoms with E-state index in [0.29, 0.717) is 11.3 Å². The number of nitrogens with one attached hydrogen (secondary N) is 2. The minimum Gasteiger partial charge on any atom is -0.452 e. The van der Waals surface area contributed by atoms with Crippen LogP contribution >= 0.6 is 0 Å². The van der Waals surface area contributed by atoms with Gasteiger partial charge in [-0.15, -0.1) is 0 Å². The summed E-state index contributed by atoms with van der Waals surface area (Å²) >= 11 is 0. The molecule has 0 unspecified atom stereocenters. The Labute approximate surface area is 177 Å². The molecular weight excluding hydrogens is 404 g/mol. The fourth-order valence-electron chi connectivity index (χ4n) is 2.80. The van der Waals surface area contributed by atoms with Gasteiger partial charge in [-0.05, 0) is 63.4 Å². The van der Waals surface area contributed by atoms with Crippen LogP contribution in [0.25, 0.3) is 0 Å². The van der Waals surface area contributed by atoms with E-state index in [2.05, 4.69) is 10.0 Å². The van der Waals surface area contributed by atoms with Crippen LogP contribution in [0.4, 0.5) is 5.69 Å². The van der Waals surface area contributed by atoms with Crippen LogP contribution in [0, 0.1) is 6.92 Å². The summed E-state index contributed by atoms with van der Waals surface area (Å²) < 4.78 is 32.7. The molecule has 0 bridgehead atoms. The predicted molar refractivity (Wildman–Crippen MR) is 116 cm³/mol. The number of para-hydroxylation sites is 1. The summed E-state index contributed by atoms with van der Waals surface area (Å²) in [6.45, 7) is 8.34. The van der Waals surface area contributed by atoms with Crippen molar-refractivity contribution in [3.63, 3.8) is 0 Å². The number of carbonyl (C=O) groups is 2. The van der Waals surface area contributed by atoms with Crippen LogP contribution < -0.4 is 10.0 Å². The molecule has 0 fully saturated rings. The molecule has 1 amide bonds. The quantitative estimate of drug-likeness (QED) is 0.653. The van der Waals surface area contributed by atoms with E-state index in [1.807, 2.05) is 25.1 Å². The standard InChI is InChI=1S/C22H28N2O5S/c1-6-16-9-7-8-10-19(16)23-20(25)14-29-21(26)18-13-17(12-11-15(18)2)30(27,28)24-22(3,4)5/h7-13,24H,6,14H2,1-5H3,(H,23,25). The molecule has 2 rings (SSSR count). The molecule has 0 aliphatic carbocycles. The lowest BCUT2D eigenvalue weighted by atomic mass is 10.1. The van der Waals surface area contributed by atoms with Crippen LogP contribution in [0.15, 0.2) is 47.4 Å². The van der Waals surface area contributed by atoms with Crippen molar-refractivity contribution in [2.75, 3.05) is 11.9 Å². The fourth-order valence-corrected chi connectivity index (χ4v) is 4.24. The summed E-state index contributed by atoms with van der Waals surface area (Å²) in [7, 11) is -3.81. The maximum Gasteiger partial charge on any atom is 0.338 e. The van der Waals surface area contributed by atoms with Gasteiger partial charge in [-0.25, -0.2) is 17.9 Å². The molecule has 0 spiro atoms. The molecule has 7 nitrogen and oxygen atoms in total. The lowest BCUT2D eigenvalue weighted by Gasteiger charge is -2.20. The Morgan fingerprint density at radius 1 is 1.07 bits per heavy atom. The normalized spacial score (nSPS) is 11.8. The number of hydrogen-bond donors (Lipinski definition) is 2. The summed E-state index contributed by atoms with van der Waals surface area (Å²) in [5.41, 5.74) is 1.60. The Kier molecular flexibility index (Phi) is 7.39. The van der Waals surface area contributed by atoms with Gasteiger partial charge in [0.1, 0.15) is 0 Å². The summed E-state index contributed by atoms with van der Waals surface area (Å²) in [5, 5.41) is 2.72. The maximum atomic E-state index is 12.5. The van der Waals surface area contributed by atoms with E-state index < -0.39 is 34.0 Å². The van der Waals surface area contributed by atoms with E-state index in [1.165, 1.54) is 18.2 Å². The van der Waals surface area contributed by atoms with Crippen molar-refractivity contribution in [2.45, 2.75) is 51.5 Å². The summed E-state index contributed by atoms with van der Waals surface area (Å²) in [6, 6.07) is 11.6. The first kappa shape index (κ1) is 23.6. The SMILES string of the molecule is CCc1ccccc1NC(=O)COC(=O)c1cc(S(=O)(=O)NC(C)(C)C)ccc1C. The molecule has 0 aliphatic rings. The Bertz CT molecular complexity index is 1040. The van der Waals surface area contributed by atoms with Crippen molar-refractivity contribution in [2.24, 2.45) is 0 Å². The van der Waals surface area contributed by atoms with E-state index in [1.54, 1.807) is 33.8 Å². The first-order chi connectivity index (χ1) is 13.9. The van der Waals surface area contributed by atoms with Gasteiger partial charge in [-0.3, -0.25) is 4.79 Å². The monoisotopic (exact) mass is 432 g/mol. The Balaban J connectivity index is 2.11. The van der Waals surface area contributed by atoms with E-state index in [-0.39, 0.29) is 10.5 Å². The van der Waals surface area contributed by atoms with Crippen molar-refractivity contribution in [3.05, 3.63) is 59.2 Å². The zero-order valence-electron chi connectivity index (χ0n) is 17.9. The highest BCUT2D eigenvalue weighted by Gasteiger charge is 2.24. The number of amides is 1. The molecule has 2 aromatic carbocycles. The van der Waals surface area contributed by atoms with Gasteiger partial charge in [-0.1, -0.05) is 31.2 Å². The van der Waals surface area contributed by atoms with E-state index in [9.17, 15) is 18.0 Å². The molecule has 8 heteroatoms. The topological polar surface area (TPSA) is 102 Å². The van der Waals surface area contributed by atoms with Crippen LogP contribution in [0.3, 0.4) is 0 Å². The first-order valence-corrected chi connectivity index (χ1v) is 11.1. The zero-order chi connectivity index (χ0) is 22.5. The molecule has 0 atom stereocenters. The minimum atomic E-state index is -3.81. The molecule has 30 heavy (non-hydrogen) atoms. The highest BCUT2D eigenvalue weighted by Crippen LogP contribution is 2.19. The van der Waals surface area contributed by atoms with Gasteiger partial charge < -0.3 is 10.1 Å². The molecule has 2 N–H and O–H groups in total. The van der Waals surface area contributed by atoms with Gasteiger partial charge in [0.15, 0.2) is 6.61 Å². The third-order valence-corrected chi connectivity index (χ3v) is 5.94. The van der Waals surface area contributed by atoms with E-state index in [4.69, 9.17) is 4.74 Å². The summed E-state index contributed by atoms with van der Waals surface area (Å²) in [6.07, 6.45) is 0.749. The molecule has 162 valence electrons. The van der Waals surface area contributed by atoms with Crippen LogP contribution in [0.2, 0.25) is 0 Å². The number of hydrogen-bond acceptors (Lipinski definition) is 5. The third-order valence-electron chi connectivity index (χ3n) is 4.19. The Hall–Kier alpha value is -2.71. The van der Waals surface area contributed by atoms with Gasteiger partial charge in [0, 0.05) is 11.2 Å². The van der Waals surface area contributed by atoms with Gasteiger partial charge in [-0.2, -0.15) is 0 Å². The number of ether oxygens (including phenoxy) is 1. The average molecular weight is 433 g/mol. The average Bonchev–Trinajstić information content (AvgIpc) is 2.65. The minimum absolute atomic E-state index is 0.0451. The van der Waals surface area contributed by atoms with Crippen molar-refractivity contribution < 1.29 is 22.7 Å². The smallest absolute Gasteiger partial charge is 0.338 e. The Morgan fingerprint density at radius 3 is 2.37 bits per heavy atom. The number of rotatable bonds is 7. The second-order valence-corrected chi connectivity index (χ2v) is 9.65. The van der Waals surface area contributed by atoms with Gasteiger partial charge in [0.05, 0.1) is 10.5 Å². The molecule has 0 aromatic heterocycles. The maximum absolute atomic E-state index is 12.5. The van der Waals surface area contributed by atoms with Crippen LogP contribution in [-0.2, 0) is 26.0 Å². The predicted octanol–water partition coefficient (Wildman–Crippen LogP) is 3.43. The molecule has 2 aromatic rings. The number of aryl methyl sites for hydroxylation is 2. The molecular formula is C22H28N2O5S. The number of sulfonamides is 1. The van der Waals surface area contributed by atoms with Crippen LogP contribution in [0.1, 0.15) is 49.2 Å². The van der Waals surface area contributed by atoms with Crippen molar-refractivity contribution in [1.82, 2.24) is 4.72 Å². The van der Waals surface area contributed by atoms with E-state index >= 15 is 0 Å². The Morgan fingerprint density at radius 2 is 1.73 bits per heavy atom. The van der Waals surface area contributed by atoms with E-state index in [0.717, 1.165) is 12.0 Å². The second kappa shape index (κ2) is 9.40. The molecule has 0 saturated heterocycles. The molecule has 0 heterocycles. The lowest BCUT2D eigenvalue weighted by Crippen LogP contribution is -2.40. The van der Waals surface area contributed by atoms with Crippen molar-refractivity contribution in [1.29, 1.82) is 0 Å². The zero-order valence-corrected chi connectivity index (χ0v) is 18.7. The van der Waals surface area contributed by atoms with Gasteiger partial charge in [0.2, 0.25) is 10.0 Å².